The molecule has 1 aliphatic heterocycles. The molecule has 1 saturated heterocycles. The van der Waals surface area contributed by atoms with Gasteiger partial charge >= 0.3 is 12.1 Å². The average molecular weight is 754 g/mol. The molecule has 4 N–H and O–H groups in total. The number of pyridine rings is 3. The molecular weight excluding hydrogens is 714 g/mol. The number of carbonyl (C=O) groups is 3. The highest BCUT2D eigenvalue weighted by atomic mass is 16.7. The Morgan fingerprint density at radius 2 is 1.42 bits per heavy atom. The van der Waals surface area contributed by atoms with Crippen molar-refractivity contribution in [2.24, 2.45) is 0 Å². The maximum atomic E-state index is 12.6. The molecule has 0 aliphatic carbocycles. The highest BCUT2D eigenvalue weighted by Crippen LogP contribution is 2.23. The summed E-state index contributed by atoms with van der Waals surface area (Å²) in [5.74, 6) is 1.05. The van der Waals surface area contributed by atoms with Gasteiger partial charge in [0.2, 0.25) is 12.2 Å². The van der Waals surface area contributed by atoms with Gasteiger partial charge < -0.3 is 29.6 Å². The van der Waals surface area contributed by atoms with Crippen molar-refractivity contribution in [3.05, 3.63) is 77.5 Å². The third kappa shape index (κ3) is 11.8. The van der Waals surface area contributed by atoms with Crippen LogP contribution >= 0.6 is 0 Å². The van der Waals surface area contributed by atoms with E-state index in [0.29, 0.717) is 79.8 Å². The molecule has 0 atom stereocenters. The molecule has 0 unspecified atom stereocenters. The molecule has 286 valence electrons. The maximum absolute atomic E-state index is 12.6. The number of nitrogens with zero attached hydrogens (tertiary/aromatic N) is 9. The molecular formula is C35H39N13O7. The number of methoxy groups -OCH3 is 2. The molecule has 5 rings (SSSR count). The van der Waals surface area contributed by atoms with E-state index in [-0.39, 0.29) is 23.3 Å². The number of hydrogen-bond acceptors (Lipinski definition) is 16. The van der Waals surface area contributed by atoms with Gasteiger partial charge in [-0.2, -0.15) is 10.5 Å². The van der Waals surface area contributed by atoms with Crippen LogP contribution in [0, 0.1) is 22.7 Å². The van der Waals surface area contributed by atoms with Gasteiger partial charge in [-0.05, 0) is 18.2 Å². The van der Waals surface area contributed by atoms with E-state index in [1.54, 1.807) is 50.6 Å². The molecule has 5 heterocycles. The van der Waals surface area contributed by atoms with E-state index in [4.69, 9.17) is 24.2 Å². The first-order chi connectivity index (χ1) is 26.7. The van der Waals surface area contributed by atoms with Crippen LogP contribution in [-0.2, 0) is 18.9 Å². The topological polar surface area (TPSA) is 255 Å². The molecule has 0 saturated carbocycles. The molecule has 4 aromatic heterocycles. The normalized spacial score (nSPS) is 11.9. The summed E-state index contributed by atoms with van der Waals surface area (Å²) in [5, 5.41) is 29.8. The van der Waals surface area contributed by atoms with Crippen LogP contribution in [0.3, 0.4) is 0 Å². The Bertz CT molecular complexity index is 2020. The average Bonchev–Trinajstić information content (AvgIpc) is 3.77. The fourth-order valence-electron chi connectivity index (χ4n) is 4.55. The minimum atomic E-state index is -0.561. The highest BCUT2D eigenvalue weighted by Gasteiger charge is 2.22. The van der Waals surface area contributed by atoms with Gasteiger partial charge in [0.15, 0.2) is 6.29 Å². The Hall–Kier alpha value is -6.84. The van der Waals surface area contributed by atoms with Gasteiger partial charge in [-0.3, -0.25) is 25.2 Å². The first-order valence-corrected chi connectivity index (χ1v) is 16.5. The minimum absolute atomic E-state index is 0.186. The summed E-state index contributed by atoms with van der Waals surface area (Å²) >= 11 is 0. The van der Waals surface area contributed by atoms with Crippen LogP contribution in [0.4, 0.5) is 44.4 Å². The van der Waals surface area contributed by atoms with E-state index in [1.807, 2.05) is 6.07 Å². The molecule has 20 nitrogen and oxygen atoms in total. The van der Waals surface area contributed by atoms with E-state index in [2.05, 4.69) is 52.3 Å². The Labute approximate surface area is 316 Å². The molecule has 20 heteroatoms. The predicted octanol–water partition coefficient (Wildman–Crippen LogP) is 3.40. The van der Waals surface area contributed by atoms with E-state index in [1.165, 1.54) is 42.5 Å². The van der Waals surface area contributed by atoms with Crippen molar-refractivity contribution in [3.8, 4) is 12.1 Å². The van der Waals surface area contributed by atoms with Crippen molar-refractivity contribution in [2.75, 3.05) is 98.9 Å². The predicted molar refractivity (Wildman–Crippen MR) is 200 cm³/mol. The summed E-state index contributed by atoms with van der Waals surface area (Å²) in [7, 11) is 6.22. The number of rotatable bonds is 14. The number of aldehydes is 1. The second-order valence-electron chi connectivity index (χ2n) is 11.2. The molecule has 55 heavy (non-hydrogen) atoms. The molecule has 1 aliphatic rings. The van der Waals surface area contributed by atoms with Crippen molar-refractivity contribution in [2.45, 2.75) is 6.29 Å². The Morgan fingerprint density at radius 3 is 1.95 bits per heavy atom. The van der Waals surface area contributed by atoms with Gasteiger partial charge in [0, 0.05) is 72.1 Å². The van der Waals surface area contributed by atoms with E-state index in [0.717, 1.165) is 0 Å². The lowest BCUT2D eigenvalue weighted by atomic mass is 10.2. The number of nitriles is 2. The Morgan fingerprint density at radius 1 is 0.855 bits per heavy atom. The fourth-order valence-corrected chi connectivity index (χ4v) is 4.55. The maximum Gasteiger partial charge on any atom is 0.329 e. The first-order valence-electron chi connectivity index (χ1n) is 16.5. The van der Waals surface area contributed by atoms with Crippen molar-refractivity contribution >= 4 is 53.1 Å². The number of amides is 4. The third-order valence-electron chi connectivity index (χ3n) is 7.42. The number of carbonyl (C=O) groups excluding carboxylic acids is 3. The number of aromatic nitrogens is 5. The summed E-state index contributed by atoms with van der Waals surface area (Å²) in [6, 6.07) is 12.7. The lowest BCUT2D eigenvalue weighted by Gasteiger charge is -2.17. The number of ether oxygens (including phenoxy) is 4. The van der Waals surface area contributed by atoms with E-state index < -0.39 is 18.4 Å². The molecule has 0 spiro atoms. The summed E-state index contributed by atoms with van der Waals surface area (Å²) in [5.41, 5.74) is 2.56. The standard InChI is InChI=1S/C18H21N7O4.C17H18N6O3/c1-25(17-21-4-3-13(23-17)16-28-7-8-29-16)18(26)24-15-9-14(20-5-6-27-2)12(10-19)11-22-15;1-23(16-5-3-4-13(11-24)21-16)17(25)22-15-8-14(19-6-7-26-2)12(9-18)10-20-15/h3-4,9,11,16H,5-8H2,1-2H3,(H2,20,22,24,26);3-5,8,10-11H,6-7H2,1-2H3,(H2,19,20,22,25). The summed E-state index contributed by atoms with van der Waals surface area (Å²) in [6.45, 7) is 2.94. The highest BCUT2D eigenvalue weighted by molar-refractivity contribution is 6.01. The third-order valence-corrected chi connectivity index (χ3v) is 7.42. The van der Waals surface area contributed by atoms with Gasteiger partial charge in [-0.25, -0.2) is 34.5 Å². The molecule has 0 radical (unpaired) electrons. The van der Waals surface area contributed by atoms with Crippen LogP contribution in [-0.4, -0.2) is 111 Å². The Kier molecular flexibility index (Phi) is 15.6. The smallest absolute Gasteiger partial charge is 0.329 e. The quantitative estimate of drug-likeness (QED) is 0.106. The minimum Gasteiger partial charge on any atom is -0.383 e. The van der Waals surface area contributed by atoms with Crippen molar-refractivity contribution < 1.29 is 33.3 Å². The molecule has 0 aromatic carbocycles. The van der Waals surface area contributed by atoms with E-state index >= 15 is 0 Å². The molecule has 4 aromatic rings. The van der Waals surface area contributed by atoms with Crippen molar-refractivity contribution in [3.63, 3.8) is 0 Å². The van der Waals surface area contributed by atoms with Crippen LogP contribution in [0.15, 0.2) is 55.0 Å². The lowest BCUT2D eigenvalue weighted by molar-refractivity contribution is -0.0473. The molecule has 4 amide bonds. The number of urea groups is 2. The SMILES string of the molecule is COCCNc1cc(NC(=O)N(C)c2cccc(C=O)n2)ncc1C#N.COCCNc1cc(NC(=O)N(C)c2nccc(C3OCCO3)n2)ncc1C#N. The van der Waals surface area contributed by atoms with E-state index in [9.17, 15) is 19.6 Å². The molecule has 0 bridgehead atoms. The molecule has 1 fully saturated rings. The lowest BCUT2D eigenvalue weighted by Crippen LogP contribution is -2.33. The summed E-state index contributed by atoms with van der Waals surface area (Å²) in [4.78, 5) is 59.0. The van der Waals surface area contributed by atoms with Crippen molar-refractivity contribution in [1.82, 2.24) is 24.9 Å². The van der Waals surface area contributed by atoms with Crippen LogP contribution in [0.1, 0.15) is 33.6 Å². The van der Waals surface area contributed by atoms with Gasteiger partial charge in [-0.1, -0.05) is 6.07 Å². The van der Waals surface area contributed by atoms with Crippen LogP contribution < -0.4 is 31.1 Å². The zero-order chi connectivity index (χ0) is 39.6. The van der Waals surface area contributed by atoms with Gasteiger partial charge in [0.1, 0.15) is 41.0 Å². The summed E-state index contributed by atoms with van der Waals surface area (Å²) in [6.07, 6.45) is 4.33. The first kappa shape index (κ1) is 40.9. The fraction of sp³-hybridized carbons (Fsp3) is 0.314. The van der Waals surface area contributed by atoms with Gasteiger partial charge in [-0.15, -0.1) is 0 Å². The monoisotopic (exact) mass is 753 g/mol. The van der Waals surface area contributed by atoms with Gasteiger partial charge in [0.05, 0.1) is 48.9 Å². The second kappa shape index (κ2) is 21.0. The van der Waals surface area contributed by atoms with Gasteiger partial charge in [0.25, 0.3) is 0 Å². The van der Waals surface area contributed by atoms with Crippen LogP contribution in [0.25, 0.3) is 0 Å². The second-order valence-corrected chi connectivity index (χ2v) is 11.2. The zero-order valence-electron chi connectivity index (χ0n) is 30.5. The van der Waals surface area contributed by atoms with Crippen molar-refractivity contribution in [1.29, 1.82) is 10.5 Å². The summed E-state index contributed by atoms with van der Waals surface area (Å²) < 4.78 is 20.8. The largest absolute Gasteiger partial charge is 0.383 e. The zero-order valence-corrected chi connectivity index (χ0v) is 30.5. The number of anilines is 6. The van der Waals surface area contributed by atoms with Crippen LogP contribution in [0.5, 0.6) is 0 Å². The number of nitrogens with one attached hydrogen (secondary N) is 4. The number of hydrogen-bond donors (Lipinski definition) is 4. The van der Waals surface area contributed by atoms with Crippen LogP contribution in [0.2, 0.25) is 0 Å². The Balaban J connectivity index is 0.000000246.